The number of hydrogen-bond donors (Lipinski definition) is 1. The number of rotatable bonds is 7. The molecule has 2 aliphatic heterocycles. The minimum absolute atomic E-state index is 0.0417. The first-order valence-corrected chi connectivity index (χ1v) is 13.9. The molecule has 0 saturated carbocycles. The number of sulfonamides is 1. The van der Waals surface area contributed by atoms with E-state index < -0.39 is 10.0 Å². The Balaban J connectivity index is 1.26. The summed E-state index contributed by atoms with van der Waals surface area (Å²) in [6.45, 7) is 3.06. The zero-order valence-electron chi connectivity index (χ0n) is 20.5. The van der Waals surface area contributed by atoms with Crippen molar-refractivity contribution >= 4 is 32.7 Å². The number of amides is 1. The number of ether oxygens (including phenoxy) is 1. The van der Waals surface area contributed by atoms with Crippen LogP contribution in [0.15, 0.2) is 59.5 Å². The highest BCUT2D eigenvalue weighted by atomic mass is 32.2. The SMILES string of the molecule is COc1cccc(CNC(=O)C2CCCN(c3ccc4cc(S(=O)(=O)N5CCCC5)ccc4n3)C2)c1. The van der Waals surface area contributed by atoms with Gasteiger partial charge in [-0.05, 0) is 73.7 Å². The Morgan fingerprint density at radius 3 is 2.69 bits per heavy atom. The molecular formula is C27H32N4O4S. The van der Waals surface area contributed by atoms with Gasteiger partial charge < -0.3 is 15.0 Å². The lowest BCUT2D eigenvalue weighted by atomic mass is 9.97. The maximum atomic E-state index is 12.9. The molecule has 0 spiro atoms. The van der Waals surface area contributed by atoms with E-state index >= 15 is 0 Å². The minimum Gasteiger partial charge on any atom is -0.497 e. The number of nitrogens with zero attached hydrogens (tertiary/aromatic N) is 3. The van der Waals surface area contributed by atoms with E-state index in [9.17, 15) is 13.2 Å². The summed E-state index contributed by atoms with van der Waals surface area (Å²) in [7, 11) is -1.83. The van der Waals surface area contributed by atoms with E-state index in [1.807, 2.05) is 36.4 Å². The highest BCUT2D eigenvalue weighted by molar-refractivity contribution is 7.89. The van der Waals surface area contributed by atoms with Gasteiger partial charge in [-0.1, -0.05) is 12.1 Å². The molecule has 5 rings (SSSR count). The van der Waals surface area contributed by atoms with Gasteiger partial charge in [0.1, 0.15) is 11.6 Å². The van der Waals surface area contributed by atoms with E-state index in [0.29, 0.717) is 31.1 Å². The van der Waals surface area contributed by atoms with Crippen LogP contribution in [0.2, 0.25) is 0 Å². The highest BCUT2D eigenvalue weighted by Gasteiger charge is 2.28. The molecule has 3 aromatic rings. The molecule has 0 bridgehead atoms. The van der Waals surface area contributed by atoms with Gasteiger partial charge in [0, 0.05) is 38.1 Å². The molecule has 1 amide bonds. The zero-order chi connectivity index (χ0) is 25.1. The molecule has 190 valence electrons. The van der Waals surface area contributed by atoms with Crippen molar-refractivity contribution in [2.24, 2.45) is 5.92 Å². The van der Waals surface area contributed by atoms with Crippen molar-refractivity contribution in [1.29, 1.82) is 0 Å². The fourth-order valence-corrected chi connectivity index (χ4v) is 6.58. The van der Waals surface area contributed by atoms with Crippen LogP contribution < -0.4 is 15.0 Å². The van der Waals surface area contributed by atoms with Crippen LogP contribution in [0, 0.1) is 5.92 Å². The standard InChI is InChI=1S/C27H32N4O4S/c1-35-23-8-4-6-20(16-23)18-28-27(32)22-7-5-13-30(19-22)26-12-9-21-17-24(10-11-25(21)29-26)36(33,34)31-14-2-3-15-31/h4,6,8-12,16-17,22H,2-3,5,7,13-15,18-19H2,1H3,(H,28,32). The van der Waals surface area contributed by atoms with Crippen molar-refractivity contribution in [2.45, 2.75) is 37.1 Å². The fraction of sp³-hybridized carbons (Fsp3) is 0.407. The Morgan fingerprint density at radius 1 is 1.06 bits per heavy atom. The Hall–Kier alpha value is -3.17. The molecule has 9 heteroatoms. The number of benzene rings is 2. The quantitative estimate of drug-likeness (QED) is 0.525. The Morgan fingerprint density at radius 2 is 1.89 bits per heavy atom. The molecular weight excluding hydrogens is 476 g/mol. The second kappa shape index (κ2) is 10.4. The number of carbonyl (C=O) groups is 1. The average molecular weight is 509 g/mol. The Kier molecular flexibility index (Phi) is 7.11. The number of nitrogens with one attached hydrogen (secondary N) is 1. The molecule has 3 heterocycles. The number of pyridine rings is 1. The van der Waals surface area contributed by atoms with Crippen LogP contribution in [-0.4, -0.2) is 56.9 Å². The first-order chi connectivity index (χ1) is 17.4. The third-order valence-corrected chi connectivity index (χ3v) is 8.96. The largest absolute Gasteiger partial charge is 0.497 e. The van der Waals surface area contributed by atoms with E-state index in [4.69, 9.17) is 9.72 Å². The first kappa shape index (κ1) is 24.5. The maximum absolute atomic E-state index is 12.9. The smallest absolute Gasteiger partial charge is 0.243 e. The molecule has 2 aliphatic rings. The van der Waals surface area contributed by atoms with Crippen LogP contribution >= 0.6 is 0 Å². The third-order valence-electron chi connectivity index (χ3n) is 7.07. The second-order valence-corrected chi connectivity index (χ2v) is 11.4. The van der Waals surface area contributed by atoms with Gasteiger partial charge in [0.15, 0.2) is 0 Å². The topological polar surface area (TPSA) is 91.8 Å². The molecule has 0 radical (unpaired) electrons. The summed E-state index contributed by atoms with van der Waals surface area (Å²) in [5.41, 5.74) is 1.75. The van der Waals surface area contributed by atoms with Crippen LogP contribution in [0.4, 0.5) is 5.82 Å². The van der Waals surface area contributed by atoms with E-state index in [0.717, 1.165) is 60.3 Å². The molecule has 36 heavy (non-hydrogen) atoms. The molecule has 1 N–H and O–H groups in total. The predicted molar refractivity (Wildman–Crippen MR) is 140 cm³/mol. The van der Waals surface area contributed by atoms with E-state index in [-0.39, 0.29) is 11.8 Å². The van der Waals surface area contributed by atoms with E-state index in [2.05, 4.69) is 10.2 Å². The summed E-state index contributed by atoms with van der Waals surface area (Å²) < 4.78 is 32.7. The molecule has 1 unspecified atom stereocenters. The van der Waals surface area contributed by atoms with Gasteiger partial charge >= 0.3 is 0 Å². The van der Waals surface area contributed by atoms with Crippen molar-refractivity contribution in [3.63, 3.8) is 0 Å². The summed E-state index contributed by atoms with van der Waals surface area (Å²) in [4.78, 5) is 20.2. The fourth-order valence-electron chi connectivity index (χ4n) is 5.02. The van der Waals surface area contributed by atoms with E-state index in [1.165, 1.54) is 0 Å². The summed E-state index contributed by atoms with van der Waals surface area (Å²) in [5.74, 6) is 1.51. The number of piperidine rings is 1. The normalized spacial score (nSPS) is 18.9. The summed E-state index contributed by atoms with van der Waals surface area (Å²) in [6.07, 6.45) is 3.57. The molecule has 2 fully saturated rings. The van der Waals surface area contributed by atoms with Crippen LogP contribution in [0.25, 0.3) is 10.9 Å². The van der Waals surface area contributed by atoms with Gasteiger partial charge in [-0.25, -0.2) is 13.4 Å². The Labute approximate surface area is 212 Å². The van der Waals surface area contributed by atoms with Crippen LogP contribution in [0.1, 0.15) is 31.2 Å². The first-order valence-electron chi connectivity index (χ1n) is 12.5. The van der Waals surface area contributed by atoms with Gasteiger partial charge in [0.2, 0.25) is 15.9 Å². The number of carbonyl (C=O) groups excluding carboxylic acids is 1. The summed E-state index contributed by atoms with van der Waals surface area (Å²) in [5, 5.41) is 3.86. The van der Waals surface area contributed by atoms with Crippen molar-refractivity contribution < 1.29 is 17.9 Å². The molecule has 2 saturated heterocycles. The third kappa shape index (κ3) is 5.17. The van der Waals surface area contributed by atoms with Gasteiger partial charge in [0.25, 0.3) is 0 Å². The van der Waals surface area contributed by atoms with Crippen LogP contribution in [-0.2, 0) is 21.4 Å². The highest BCUT2D eigenvalue weighted by Crippen LogP contribution is 2.27. The van der Waals surface area contributed by atoms with Crippen molar-refractivity contribution in [2.75, 3.05) is 38.2 Å². The van der Waals surface area contributed by atoms with Crippen LogP contribution in [0.5, 0.6) is 5.75 Å². The number of aromatic nitrogens is 1. The number of anilines is 1. The lowest BCUT2D eigenvalue weighted by molar-refractivity contribution is -0.125. The van der Waals surface area contributed by atoms with Crippen molar-refractivity contribution in [1.82, 2.24) is 14.6 Å². The van der Waals surface area contributed by atoms with Gasteiger partial charge in [-0.2, -0.15) is 4.31 Å². The Bertz CT molecular complexity index is 1350. The minimum atomic E-state index is -3.46. The molecule has 0 aliphatic carbocycles. The molecule has 1 atom stereocenters. The van der Waals surface area contributed by atoms with Crippen molar-refractivity contribution in [3.8, 4) is 5.75 Å². The monoisotopic (exact) mass is 508 g/mol. The average Bonchev–Trinajstić information content (AvgIpc) is 3.47. The molecule has 8 nitrogen and oxygen atoms in total. The van der Waals surface area contributed by atoms with E-state index in [1.54, 1.807) is 29.6 Å². The molecule has 1 aromatic heterocycles. The maximum Gasteiger partial charge on any atom is 0.243 e. The predicted octanol–water partition coefficient (Wildman–Crippen LogP) is 3.56. The van der Waals surface area contributed by atoms with Gasteiger partial charge in [-0.3, -0.25) is 4.79 Å². The summed E-state index contributed by atoms with van der Waals surface area (Å²) in [6, 6.07) is 16.7. The van der Waals surface area contributed by atoms with Crippen molar-refractivity contribution in [3.05, 3.63) is 60.2 Å². The summed E-state index contributed by atoms with van der Waals surface area (Å²) >= 11 is 0. The number of hydrogen-bond acceptors (Lipinski definition) is 6. The van der Waals surface area contributed by atoms with Gasteiger partial charge in [-0.15, -0.1) is 0 Å². The molecule has 2 aromatic carbocycles. The zero-order valence-corrected chi connectivity index (χ0v) is 21.3. The van der Waals surface area contributed by atoms with Crippen LogP contribution in [0.3, 0.4) is 0 Å². The number of fused-ring (bicyclic) bond motifs is 1. The van der Waals surface area contributed by atoms with Gasteiger partial charge in [0.05, 0.1) is 23.4 Å². The number of methoxy groups -OCH3 is 1. The second-order valence-electron chi connectivity index (χ2n) is 9.49. The lowest BCUT2D eigenvalue weighted by Gasteiger charge is -2.33. The lowest BCUT2D eigenvalue weighted by Crippen LogP contribution is -2.43.